The van der Waals surface area contributed by atoms with Gasteiger partial charge < -0.3 is 4.55 Å². The lowest BCUT2D eigenvalue weighted by atomic mass is 9.87. The number of nitrogens with zero attached hydrogens (tertiary/aromatic N) is 2. The minimum Gasteiger partial charge on any atom is -0.591 e. The highest BCUT2D eigenvalue weighted by Crippen LogP contribution is 2.31. The Morgan fingerprint density at radius 1 is 1.25 bits per heavy atom. The minimum atomic E-state index is -4.28. The van der Waals surface area contributed by atoms with Gasteiger partial charge in [-0.05, 0) is 71.8 Å². The van der Waals surface area contributed by atoms with Crippen LogP contribution >= 0.6 is 11.6 Å². The fourth-order valence-electron chi connectivity index (χ4n) is 3.01. The van der Waals surface area contributed by atoms with Crippen LogP contribution in [0.3, 0.4) is 0 Å². The fraction of sp³-hybridized carbons (Fsp3) is 0.632. The summed E-state index contributed by atoms with van der Waals surface area (Å²) < 4.78 is 68.9. The fourth-order valence-corrected chi connectivity index (χ4v) is 3.90. The molecule has 2 atom stereocenters. The van der Waals surface area contributed by atoms with E-state index in [1.807, 2.05) is 0 Å². The van der Waals surface area contributed by atoms with Crippen molar-refractivity contribution in [3.05, 3.63) is 34.6 Å². The number of piperidine rings is 1. The molecule has 1 heterocycles. The second-order valence-corrected chi connectivity index (χ2v) is 10.3. The number of rotatable bonds is 4. The molecule has 0 bridgehead atoms. The summed E-state index contributed by atoms with van der Waals surface area (Å²) >= 11 is 4.34. The molecular formula is C19H25ClF4N2OS. The van der Waals surface area contributed by atoms with Crippen molar-refractivity contribution in [1.29, 1.82) is 0 Å². The molecule has 0 aromatic heterocycles. The highest BCUT2D eigenvalue weighted by molar-refractivity contribution is 7.91. The van der Waals surface area contributed by atoms with E-state index < -0.39 is 34.1 Å². The predicted octanol–water partition coefficient (Wildman–Crippen LogP) is 5.39. The number of hydrogen-bond donors (Lipinski definition) is 0. The summed E-state index contributed by atoms with van der Waals surface area (Å²) in [4.78, 5) is 1.40. The van der Waals surface area contributed by atoms with Crippen LogP contribution in [-0.2, 0) is 11.4 Å². The largest absolute Gasteiger partial charge is 0.591 e. The smallest absolute Gasteiger partial charge is 0.403 e. The Morgan fingerprint density at radius 2 is 1.82 bits per heavy atom. The molecule has 1 aliphatic heterocycles. The van der Waals surface area contributed by atoms with Gasteiger partial charge in [-0.3, -0.25) is 4.90 Å². The Kier molecular flexibility index (Phi) is 7.45. The summed E-state index contributed by atoms with van der Waals surface area (Å²) in [5.74, 6) is -0.750. The molecule has 0 amide bonds. The van der Waals surface area contributed by atoms with Crippen LogP contribution in [0.1, 0.15) is 46.1 Å². The average molecular weight is 441 g/mol. The van der Waals surface area contributed by atoms with Gasteiger partial charge in [0.15, 0.2) is 0 Å². The van der Waals surface area contributed by atoms with E-state index >= 15 is 0 Å². The molecule has 2 rings (SSSR count). The highest BCUT2D eigenvalue weighted by Gasteiger charge is 2.42. The van der Waals surface area contributed by atoms with Crippen molar-refractivity contribution in [2.75, 3.05) is 13.1 Å². The standard InChI is InChI=1S/C19H25ClF4N2OS/c1-12(19(22,23)24)26-9-7-13(8-10-26)17(25-28(27)18(2,3)4)14-5-6-16(21)15(20)11-14/h5-6,11-13H,7-10H2,1-4H3. The predicted molar refractivity (Wildman–Crippen MR) is 106 cm³/mol. The van der Waals surface area contributed by atoms with E-state index in [4.69, 9.17) is 11.6 Å². The third kappa shape index (κ3) is 5.84. The molecule has 0 spiro atoms. The summed E-state index contributed by atoms with van der Waals surface area (Å²) in [7, 11) is 0. The first kappa shape index (κ1) is 23.4. The normalized spacial score (nSPS) is 20.3. The Bertz CT molecular complexity index is 713. The number of benzene rings is 1. The van der Waals surface area contributed by atoms with E-state index in [0.717, 1.165) is 6.92 Å². The van der Waals surface area contributed by atoms with Crippen LogP contribution in [0, 0.1) is 11.7 Å². The van der Waals surface area contributed by atoms with Crippen molar-refractivity contribution >= 4 is 28.7 Å². The number of halogens is 5. The number of alkyl halides is 3. The van der Waals surface area contributed by atoms with Gasteiger partial charge in [-0.2, -0.15) is 13.2 Å². The molecule has 1 fully saturated rings. The van der Waals surface area contributed by atoms with Crippen LogP contribution in [0.5, 0.6) is 0 Å². The van der Waals surface area contributed by atoms with Crippen molar-refractivity contribution in [2.45, 2.75) is 57.5 Å². The second kappa shape index (κ2) is 8.90. The van der Waals surface area contributed by atoms with Crippen LogP contribution in [0.4, 0.5) is 17.6 Å². The van der Waals surface area contributed by atoms with Gasteiger partial charge in [-0.15, -0.1) is 0 Å². The lowest BCUT2D eigenvalue weighted by Gasteiger charge is -2.37. The molecule has 1 saturated heterocycles. The topological polar surface area (TPSA) is 38.7 Å². The molecule has 1 aromatic rings. The molecule has 1 aromatic carbocycles. The van der Waals surface area contributed by atoms with Crippen LogP contribution in [0.2, 0.25) is 5.02 Å². The van der Waals surface area contributed by atoms with Crippen LogP contribution < -0.4 is 0 Å². The van der Waals surface area contributed by atoms with Gasteiger partial charge in [0.2, 0.25) is 0 Å². The van der Waals surface area contributed by atoms with Gasteiger partial charge in [0.05, 0.1) is 5.02 Å². The first-order chi connectivity index (χ1) is 12.8. The van der Waals surface area contributed by atoms with E-state index in [1.54, 1.807) is 20.8 Å². The zero-order chi connectivity index (χ0) is 21.3. The molecule has 158 valence electrons. The quantitative estimate of drug-likeness (QED) is 0.357. The van der Waals surface area contributed by atoms with Gasteiger partial charge in [0, 0.05) is 11.5 Å². The monoisotopic (exact) mass is 440 g/mol. The van der Waals surface area contributed by atoms with Crippen molar-refractivity contribution in [1.82, 2.24) is 4.90 Å². The number of hydrogen-bond acceptors (Lipinski definition) is 3. The van der Waals surface area contributed by atoms with E-state index in [1.165, 1.54) is 23.1 Å². The lowest BCUT2D eigenvalue weighted by Crippen LogP contribution is -2.48. The maximum Gasteiger partial charge on any atom is 0.403 e. The molecule has 0 N–H and O–H groups in total. The molecular weight excluding hydrogens is 416 g/mol. The van der Waals surface area contributed by atoms with E-state index in [0.29, 0.717) is 24.1 Å². The Morgan fingerprint density at radius 3 is 2.29 bits per heavy atom. The highest BCUT2D eigenvalue weighted by atomic mass is 35.5. The van der Waals surface area contributed by atoms with Crippen LogP contribution in [0.25, 0.3) is 0 Å². The molecule has 28 heavy (non-hydrogen) atoms. The third-order valence-corrected chi connectivity index (χ3v) is 6.56. The summed E-state index contributed by atoms with van der Waals surface area (Å²) in [6.45, 7) is 7.02. The average Bonchev–Trinajstić information content (AvgIpc) is 2.60. The van der Waals surface area contributed by atoms with Gasteiger partial charge in [0.1, 0.15) is 33.7 Å². The van der Waals surface area contributed by atoms with Gasteiger partial charge in [0.25, 0.3) is 0 Å². The van der Waals surface area contributed by atoms with E-state index in [9.17, 15) is 22.1 Å². The molecule has 3 nitrogen and oxygen atoms in total. The molecule has 0 aliphatic carbocycles. The summed E-state index contributed by atoms with van der Waals surface area (Å²) in [6, 6.07) is 2.65. The Labute approximate surface area is 171 Å². The Hall–Kier alpha value is -0.830. The van der Waals surface area contributed by atoms with Crippen LogP contribution in [-0.4, -0.2) is 45.2 Å². The lowest BCUT2D eigenvalue weighted by molar-refractivity contribution is -0.181. The van der Waals surface area contributed by atoms with Gasteiger partial charge in [-0.1, -0.05) is 16.0 Å². The van der Waals surface area contributed by atoms with E-state index in [2.05, 4.69) is 4.40 Å². The van der Waals surface area contributed by atoms with Crippen molar-refractivity contribution in [3.63, 3.8) is 0 Å². The molecule has 1 aliphatic rings. The zero-order valence-electron chi connectivity index (χ0n) is 16.3. The van der Waals surface area contributed by atoms with Crippen molar-refractivity contribution < 1.29 is 22.1 Å². The van der Waals surface area contributed by atoms with E-state index in [-0.39, 0.29) is 24.0 Å². The third-order valence-electron chi connectivity index (χ3n) is 4.86. The van der Waals surface area contributed by atoms with Crippen molar-refractivity contribution in [2.24, 2.45) is 10.3 Å². The maximum atomic E-state index is 13.6. The Balaban J connectivity index is 2.28. The summed E-state index contributed by atoms with van der Waals surface area (Å²) in [6.07, 6.45) is -3.40. The maximum absolute atomic E-state index is 13.6. The number of likely N-dealkylation sites (tertiary alicyclic amines) is 1. The molecule has 9 heteroatoms. The molecule has 0 saturated carbocycles. The summed E-state index contributed by atoms with van der Waals surface area (Å²) in [5.41, 5.74) is 1.06. The molecule has 0 radical (unpaired) electrons. The first-order valence-corrected chi connectivity index (χ1v) is 10.6. The zero-order valence-corrected chi connectivity index (χ0v) is 17.9. The van der Waals surface area contributed by atoms with Gasteiger partial charge in [-0.25, -0.2) is 4.39 Å². The summed E-state index contributed by atoms with van der Waals surface area (Å²) in [5, 5.41) is -0.0742. The molecule has 2 unspecified atom stereocenters. The second-order valence-electron chi connectivity index (χ2n) is 7.99. The van der Waals surface area contributed by atoms with Crippen molar-refractivity contribution in [3.8, 4) is 0 Å². The minimum absolute atomic E-state index is 0.0742. The van der Waals surface area contributed by atoms with Crippen LogP contribution in [0.15, 0.2) is 22.6 Å². The van der Waals surface area contributed by atoms with Gasteiger partial charge >= 0.3 is 6.18 Å². The first-order valence-electron chi connectivity index (χ1n) is 9.07. The SMILES string of the molecule is CC(N1CCC(C(=N[S+]([O-])C(C)(C)C)c2ccc(F)c(Cl)c2)CC1)C(F)(F)F.